The summed E-state index contributed by atoms with van der Waals surface area (Å²) in [5.74, 6) is 0. The zero-order chi connectivity index (χ0) is 7.61. The van der Waals surface area contributed by atoms with Gasteiger partial charge in [0.1, 0.15) is 13.0 Å². The van der Waals surface area contributed by atoms with Crippen LogP contribution < -0.4 is 0 Å². The maximum Gasteiger partial charge on any atom is 0.209 e. The van der Waals surface area contributed by atoms with Crippen LogP contribution in [0, 0.1) is 0 Å². The summed E-state index contributed by atoms with van der Waals surface area (Å²) in [5.41, 5.74) is 0. The Morgan fingerprint density at radius 3 is 2.40 bits per heavy atom. The molecule has 0 saturated heterocycles. The molecule has 1 heterocycles. The second kappa shape index (κ2) is 3.32. The Balaban J connectivity index is 2.60. The van der Waals surface area contributed by atoms with Crippen molar-refractivity contribution in [3.05, 3.63) is 0 Å². The third-order valence-electron chi connectivity index (χ3n) is 0.914. The number of halogens is 3. The molecule has 0 fully saturated rings. The van der Waals surface area contributed by atoms with Crippen LogP contribution in [0.4, 0.5) is 0 Å². The molecule has 1 rings (SSSR count). The third-order valence-corrected chi connectivity index (χ3v) is 2.28. The fraction of sp³-hybridized carbons (Fsp3) is 0.500. The molecule has 0 atom stereocenters. The lowest BCUT2D eigenvalue weighted by molar-refractivity contribution is 0.484. The first-order valence-corrected chi connectivity index (χ1v) is 4.83. The Kier molecular flexibility index (Phi) is 2.88. The molecule has 1 aliphatic rings. The van der Waals surface area contributed by atoms with Gasteiger partial charge in [0, 0.05) is 0 Å². The molecule has 0 N–H and O–H groups in total. The summed E-state index contributed by atoms with van der Waals surface area (Å²) in [5, 5.41) is 0. The van der Waals surface area contributed by atoms with Crippen molar-refractivity contribution in [2.45, 2.75) is 2.27 Å². The summed E-state index contributed by atoms with van der Waals surface area (Å²) in [6.45, 7) is 0.589. The standard InChI is InChI=1S/C4H4Br3N3/c5-4(6,7)10-2-8-1-9-3-10/h1-2H,3H2. The number of rotatable bonds is 0. The molecule has 0 aromatic rings. The smallest absolute Gasteiger partial charge is 0.209 e. The van der Waals surface area contributed by atoms with Crippen molar-refractivity contribution in [2.75, 3.05) is 6.67 Å². The van der Waals surface area contributed by atoms with Crippen molar-refractivity contribution in [1.29, 1.82) is 0 Å². The Morgan fingerprint density at radius 1 is 1.40 bits per heavy atom. The molecule has 0 saturated carbocycles. The molecular weight excluding hydrogens is 330 g/mol. The number of alkyl halides is 3. The molecule has 0 spiro atoms. The first kappa shape index (κ1) is 8.67. The molecular formula is C4H4Br3N3. The summed E-state index contributed by atoms with van der Waals surface area (Å²) in [6.07, 6.45) is 3.21. The molecule has 0 bridgehead atoms. The van der Waals surface area contributed by atoms with Crippen LogP contribution in [0.3, 0.4) is 0 Å². The minimum absolute atomic E-state index is 0.422. The summed E-state index contributed by atoms with van der Waals surface area (Å²) >= 11 is 10.0. The lowest BCUT2D eigenvalue weighted by atomic mass is 10.8. The van der Waals surface area contributed by atoms with Crippen molar-refractivity contribution in [3.8, 4) is 0 Å². The van der Waals surface area contributed by atoms with Crippen LogP contribution in [0.2, 0.25) is 0 Å². The Hall–Kier alpha value is 0.580. The van der Waals surface area contributed by atoms with Crippen LogP contribution in [-0.2, 0) is 0 Å². The van der Waals surface area contributed by atoms with E-state index in [1.807, 2.05) is 4.90 Å². The Bertz CT molecular complexity index is 171. The number of hydrogen-bond acceptors (Lipinski definition) is 3. The zero-order valence-corrected chi connectivity index (χ0v) is 9.60. The SMILES string of the molecule is BrC(Br)(Br)N1C=NC=NC1. The van der Waals surface area contributed by atoms with Gasteiger partial charge >= 0.3 is 0 Å². The Labute approximate surface area is 84.0 Å². The average molecular weight is 334 g/mol. The fourth-order valence-electron chi connectivity index (χ4n) is 0.464. The van der Waals surface area contributed by atoms with E-state index in [1.165, 1.54) is 6.34 Å². The lowest BCUT2D eigenvalue weighted by Gasteiger charge is -2.27. The van der Waals surface area contributed by atoms with E-state index in [2.05, 4.69) is 57.8 Å². The van der Waals surface area contributed by atoms with Gasteiger partial charge in [-0.1, -0.05) is 0 Å². The molecule has 1 aliphatic heterocycles. The molecule has 6 heteroatoms. The van der Waals surface area contributed by atoms with Crippen LogP contribution in [-0.4, -0.2) is 26.5 Å². The van der Waals surface area contributed by atoms with E-state index >= 15 is 0 Å². The third kappa shape index (κ3) is 2.32. The summed E-state index contributed by atoms with van der Waals surface area (Å²) in [7, 11) is 0. The van der Waals surface area contributed by atoms with E-state index in [0.29, 0.717) is 6.67 Å². The first-order valence-electron chi connectivity index (χ1n) is 2.46. The van der Waals surface area contributed by atoms with Gasteiger partial charge in [0.25, 0.3) is 0 Å². The Morgan fingerprint density at radius 2 is 2.10 bits per heavy atom. The van der Waals surface area contributed by atoms with Crippen LogP contribution in [0.25, 0.3) is 0 Å². The predicted molar refractivity (Wildman–Crippen MR) is 53.2 cm³/mol. The normalized spacial score (nSPS) is 18.1. The predicted octanol–water partition coefficient (Wildman–Crippen LogP) is 2.11. The molecule has 3 nitrogen and oxygen atoms in total. The summed E-state index contributed by atoms with van der Waals surface area (Å²) < 4.78 is -0.422. The van der Waals surface area contributed by atoms with Crippen molar-refractivity contribution in [3.63, 3.8) is 0 Å². The van der Waals surface area contributed by atoms with Crippen molar-refractivity contribution in [2.24, 2.45) is 9.98 Å². The van der Waals surface area contributed by atoms with Gasteiger partial charge in [-0.15, -0.1) is 0 Å². The first-order chi connectivity index (χ1) is 4.61. The topological polar surface area (TPSA) is 28.0 Å². The second-order valence-corrected chi connectivity index (χ2v) is 8.28. The van der Waals surface area contributed by atoms with Crippen LogP contribution in [0.1, 0.15) is 0 Å². The molecule has 0 amide bonds. The van der Waals surface area contributed by atoms with Gasteiger partial charge in [-0.05, 0) is 47.8 Å². The molecule has 0 aromatic carbocycles. The van der Waals surface area contributed by atoms with Gasteiger partial charge in [-0.25, -0.2) is 4.99 Å². The van der Waals surface area contributed by atoms with Crippen molar-refractivity contribution < 1.29 is 0 Å². The molecule has 0 aromatic heterocycles. The molecule has 0 radical (unpaired) electrons. The zero-order valence-electron chi connectivity index (χ0n) is 4.84. The minimum atomic E-state index is -0.422. The average Bonchev–Trinajstić information content (AvgIpc) is 1.88. The highest BCUT2D eigenvalue weighted by Gasteiger charge is 2.25. The molecule has 0 unspecified atom stereocenters. The van der Waals surface area contributed by atoms with Crippen molar-refractivity contribution >= 4 is 60.5 Å². The van der Waals surface area contributed by atoms with Crippen LogP contribution >= 0.6 is 47.8 Å². The van der Waals surface area contributed by atoms with E-state index in [-0.39, 0.29) is 0 Å². The van der Waals surface area contributed by atoms with E-state index in [9.17, 15) is 0 Å². The van der Waals surface area contributed by atoms with Gasteiger partial charge in [-0.3, -0.25) is 4.99 Å². The molecule has 10 heavy (non-hydrogen) atoms. The highest BCUT2D eigenvalue weighted by atomic mass is 80.0. The fourth-order valence-corrected chi connectivity index (χ4v) is 1.08. The number of hydrogen-bond donors (Lipinski definition) is 0. The molecule has 56 valence electrons. The van der Waals surface area contributed by atoms with Gasteiger partial charge in [-0.2, -0.15) is 0 Å². The largest absolute Gasteiger partial charge is 0.309 e. The quantitative estimate of drug-likeness (QED) is 0.493. The lowest BCUT2D eigenvalue weighted by Crippen LogP contribution is -2.34. The van der Waals surface area contributed by atoms with Gasteiger partial charge in [0.05, 0.1) is 6.34 Å². The van der Waals surface area contributed by atoms with Gasteiger partial charge < -0.3 is 4.90 Å². The van der Waals surface area contributed by atoms with Crippen LogP contribution in [0.15, 0.2) is 9.98 Å². The van der Waals surface area contributed by atoms with E-state index < -0.39 is 2.27 Å². The number of aliphatic imine (C=N–C) groups is 2. The van der Waals surface area contributed by atoms with Gasteiger partial charge in [0.15, 0.2) is 0 Å². The van der Waals surface area contributed by atoms with E-state index in [4.69, 9.17) is 0 Å². The summed E-state index contributed by atoms with van der Waals surface area (Å²) in [4.78, 5) is 9.62. The van der Waals surface area contributed by atoms with E-state index in [0.717, 1.165) is 0 Å². The monoisotopic (exact) mass is 331 g/mol. The van der Waals surface area contributed by atoms with Gasteiger partial charge in [0.2, 0.25) is 2.27 Å². The highest BCUT2D eigenvalue weighted by molar-refractivity contribution is 9.39. The highest BCUT2D eigenvalue weighted by Crippen LogP contribution is 2.36. The van der Waals surface area contributed by atoms with Crippen molar-refractivity contribution in [1.82, 2.24) is 4.90 Å². The maximum atomic E-state index is 3.94. The summed E-state index contributed by atoms with van der Waals surface area (Å²) in [6, 6.07) is 0. The van der Waals surface area contributed by atoms with Crippen LogP contribution in [0.5, 0.6) is 0 Å². The molecule has 0 aliphatic carbocycles. The number of nitrogens with zero attached hydrogens (tertiary/aromatic N) is 3. The van der Waals surface area contributed by atoms with E-state index in [1.54, 1.807) is 6.34 Å². The maximum absolute atomic E-state index is 3.94. The second-order valence-electron chi connectivity index (χ2n) is 1.64. The minimum Gasteiger partial charge on any atom is -0.309 e.